The van der Waals surface area contributed by atoms with Gasteiger partial charge in [-0.2, -0.15) is 0 Å². The zero-order valence-corrected chi connectivity index (χ0v) is 12.2. The van der Waals surface area contributed by atoms with Gasteiger partial charge in [0.15, 0.2) is 0 Å². The first kappa shape index (κ1) is 15.8. The highest BCUT2D eigenvalue weighted by molar-refractivity contribution is 5.77. The molecule has 2 nitrogen and oxygen atoms in total. The van der Waals surface area contributed by atoms with Gasteiger partial charge in [-0.3, -0.25) is 0 Å². The van der Waals surface area contributed by atoms with Crippen LogP contribution in [0.5, 0.6) is 0 Å². The van der Waals surface area contributed by atoms with Gasteiger partial charge >= 0.3 is 0 Å². The molecular weight excluding hydrogens is 251 g/mol. The average molecular weight is 272 g/mol. The van der Waals surface area contributed by atoms with E-state index in [1.807, 2.05) is 45.3 Å². The summed E-state index contributed by atoms with van der Waals surface area (Å²) < 4.78 is 14.3. The largest absolute Gasteiger partial charge is 0.398 e. The van der Waals surface area contributed by atoms with Crippen LogP contribution >= 0.6 is 0 Å². The normalized spacial score (nSPS) is 12.8. The number of hydrogen-bond acceptors (Lipinski definition) is 2. The summed E-state index contributed by atoms with van der Waals surface area (Å²) in [5.74, 6) is -0.331. The molecule has 3 heteroatoms. The SMILES string of the molecule is C=C/C=C(\N)c1c(C)cc(C(/C=C\C)=C/NC)cc1F. The molecule has 1 rings (SSSR count). The predicted molar refractivity (Wildman–Crippen MR) is 85.3 cm³/mol. The van der Waals surface area contributed by atoms with E-state index in [9.17, 15) is 4.39 Å². The van der Waals surface area contributed by atoms with Gasteiger partial charge in [-0.25, -0.2) is 4.39 Å². The van der Waals surface area contributed by atoms with Gasteiger partial charge < -0.3 is 11.1 Å². The molecule has 3 N–H and O–H groups in total. The number of halogens is 1. The summed E-state index contributed by atoms with van der Waals surface area (Å²) in [6, 6.07) is 3.42. The van der Waals surface area contributed by atoms with Gasteiger partial charge in [0, 0.05) is 24.5 Å². The van der Waals surface area contributed by atoms with E-state index in [0.29, 0.717) is 11.3 Å². The standard InChI is InChI=1S/C17H21FN2/c1-5-7-13(11-20-4)14-9-12(3)17(15(18)10-14)16(19)8-6-2/h5-11,20H,2,19H2,1,3-4H3/b7-5-,13-11+,16-8-. The average Bonchev–Trinajstić information content (AvgIpc) is 2.38. The van der Waals surface area contributed by atoms with Crippen molar-refractivity contribution in [1.29, 1.82) is 0 Å². The third-order valence-electron chi connectivity index (χ3n) is 2.85. The molecule has 106 valence electrons. The zero-order chi connectivity index (χ0) is 15.1. The molecule has 0 radical (unpaired) electrons. The molecule has 0 saturated heterocycles. The molecule has 0 amide bonds. The summed E-state index contributed by atoms with van der Waals surface area (Å²) in [5, 5.41) is 2.96. The highest BCUT2D eigenvalue weighted by Gasteiger charge is 2.11. The minimum atomic E-state index is -0.331. The fourth-order valence-corrected chi connectivity index (χ4v) is 2.05. The number of nitrogens with two attached hydrogens (primary N) is 1. The van der Waals surface area contributed by atoms with Crippen LogP contribution < -0.4 is 11.1 Å². The molecule has 20 heavy (non-hydrogen) atoms. The van der Waals surface area contributed by atoms with E-state index < -0.39 is 0 Å². The summed E-state index contributed by atoms with van der Waals surface area (Å²) >= 11 is 0. The second-order valence-electron chi connectivity index (χ2n) is 4.40. The zero-order valence-electron chi connectivity index (χ0n) is 12.2. The Bertz CT molecular complexity index is 558. The van der Waals surface area contributed by atoms with Gasteiger partial charge in [0.2, 0.25) is 0 Å². The lowest BCUT2D eigenvalue weighted by molar-refractivity contribution is 0.622. The number of rotatable bonds is 5. The first-order chi connectivity index (χ1) is 9.54. The third-order valence-corrected chi connectivity index (χ3v) is 2.85. The maximum atomic E-state index is 14.3. The fourth-order valence-electron chi connectivity index (χ4n) is 2.05. The molecule has 1 aromatic carbocycles. The van der Waals surface area contributed by atoms with Crippen LogP contribution in [-0.4, -0.2) is 7.05 Å². The first-order valence-electron chi connectivity index (χ1n) is 6.44. The van der Waals surface area contributed by atoms with E-state index in [4.69, 9.17) is 5.73 Å². The number of aryl methyl sites for hydroxylation is 1. The Kier molecular flexibility index (Phi) is 5.78. The van der Waals surface area contributed by atoms with E-state index in [0.717, 1.165) is 16.7 Å². The van der Waals surface area contributed by atoms with E-state index in [1.54, 1.807) is 12.2 Å². The van der Waals surface area contributed by atoms with Gasteiger partial charge in [0.25, 0.3) is 0 Å². The molecule has 0 bridgehead atoms. The highest BCUT2D eigenvalue weighted by Crippen LogP contribution is 2.25. The number of hydrogen-bond donors (Lipinski definition) is 2. The van der Waals surface area contributed by atoms with Crippen molar-refractivity contribution in [1.82, 2.24) is 5.32 Å². The van der Waals surface area contributed by atoms with Crippen molar-refractivity contribution in [3.8, 4) is 0 Å². The molecule has 0 aliphatic heterocycles. The summed E-state index contributed by atoms with van der Waals surface area (Å²) in [6.07, 6.45) is 8.82. The highest BCUT2D eigenvalue weighted by atomic mass is 19.1. The fraction of sp³-hybridized carbons (Fsp3) is 0.176. The van der Waals surface area contributed by atoms with Crippen molar-refractivity contribution in [2.45, 2.75) is 13.8 Å². The second kappa shape index (κ2) is 7.34. The Morgan fingerprint density at radius 3 is 2.60 bits per heavy atom. The minimum absolute atomic E-state index is 0.331. The second-order valence-corrected chi connectivity index (χ2v) is 4.40. The minimum Gasteiger partial charge on any atom is -0.398 e. The number of allylic oxidation sites excluding steroid dienone is 5. The topological polar surface area (TPSA) is 38.0 Å². The van der Waals surface area contributed by atoms with Crippen LogP contribution in [0, 0.1) is 12.7 Å². The van der Waals surface area contributed by atoms with Gasteiger partial charge in [-0.15, -0.1) is 0 Å². The Hall–Kier alpha value is -2.29. The first-order valence-corrected chi connectivity index (χ1v) is 6.44. The number of nitrogens with one attached hydrogen (secondary N) is 1. The van der Waals surface area contributed by atoms with E-state index in [2.05, 4.69) is 11.9 Å². The van der Waals surface area contributed by atoms with Crippen LogP contribution in [0.25, 0.3) is 11.3 Å². The summed E-state index contributed by atoms with van der Waals surface area (Å²) in [7, 11) is 1.81. The molecular formula is C17H21FN2. The van der Waals surface area contributed by atoms with E-state index in [1.165, 1.54) is 6.07 Å². The molecule has 0 spiro atoms. The Balaban J connectivity index is 3.40. The molecule has 1 aromatic rings. The van der Waals surface area contributed by atoms with E-state index in [-0.39, 0.29) is 5.82 Å². The maximum absolute atomic E-state index is 14.3. The van der Waals surface area contributed by atoms with Gasteiger partial charge in [-0.1, -0.05) is 30.9 Å². The molecule has 0 aliphatic rings. The molecule has 0 fully saturated rings. The lowest BCUT2D eigenvalue weighted by Gasteiger charge is -2.11. The molecule has 0 heterocycles. The monoisotopic (exact) mass is 272 g/mol. The smallest absolute Gasteiger partial charge is 0.133 e. The molecule has 0 saturated carbocycles. The number of benzene rings is 1. The van der Waals surface area contributed by atoms with Crippen LogP contribution in [0.15, 0.2) is 49.2 Å². The van der Waals surface area contributed by atoms with Crippen molar-refractivity contribution in [2.24, 2.45) is 5.73 Å². The van der Waals surface area contributed by atoms with Gasteiger partial charge in [0.1, 0.15) is 5.82 Å². The summed E-state index contributed by atoms with van der Waals surface area (Å²) in [5.41, 5.74) is 9.18. The molecule has 0 aromatic heterocycles. The third kappa shape index (κ3) is 3.60. The summed E-state index contributed by atoms with van der Waals surface area (Å²) in [6.45, 7) is 7.34. The van der Waals surface area contributed by atoms with E-state index >= 15 is 0 Å². The van der Waals surface area contributed by atoms with Crippen LogP contribution in [0.4, 0.5) is 4.39 Å². The Labute approximate surface area is 120 Å². The van der Waals surface area contributed by atoms with Crippen LogP contribution in [0.3, 0.4) is 0 Å². The molecule has 0 atom stereocenters. The predicted octanol–water partition coefficient (Wildman–Crippen LogP) is 3.76. The van der Waals surface area contributed by atoms with Gasteiger partial charge in [-0.05, 0) is 42.7 Å². The summed E-state index contributed by atoms with van der Waals surface area (Å²) in [4.78, 5) is 0. The van der Waals surface area contributed by atoms with Crippen LogP contribution in [-0.2, 0) is 0 Å². The molecule has 0 unspecified atom stereocenters. The van der Waals surface area contributed by atoms with Crippen LogP contribution in [0.1, 0.15) is 23.6 Å². The Morgan fingerprint density at radius 1 is 1.40 bits per heavy atom. The van der Waals surface area contributed by atoms with Crippen molar-refractivity contribution in [3.63, 3.8) is 0 Å². The Morgan fingerprint density at radius 2 is 2.10 bits per heavy atom. The lowest BCUT2D eigenvalue weighted by Crippen LogP contribution is -2.04. The van der Waals surface area contributed by atoms with Crippen molar-refractivity contribution < 1.29 is 4.39 Å². The van der Waals surface area contributed by atoms with Crippen molar-refractivity contribution in [3.05, 3.63) is 71.7 Å². The molecule has 0 aliphatic carbocycles. The quantitative estimate of drug-likeness (QED) is 0.801. The maximum Gasteiger partial charge on any atom is 0.133 e. The van der Waals surface area contributed by atoms with Gasteiger partial charge in [0.05, 0.1) is 0 Å². The van der Waals surface area contributed by atoms with Crippen molar-refractivity contribution in [2.75, 3.05) is 7.05 Å². The van der Waals surface area contributed by atoms with Crippen molar-refractivity contribution >= 4 is 11.3 Å². The lowest BCUT2D eigenvalue weighted by atomic mass is 9.97. The van der Waals surface area contributed by atoms with Crippen LogP contribution in [0.2, 0.25) is 0 Å².